The van der Waals surface area contributed by atoms with Crippen LogP contribution in [0.5, 0.6) is 0 Å². The van der Waals surface area contributed by atoms with E-state index in [1.807, 2.05) is 30.5 Å². The summed E-state index contributed by atoms with van der Waals surface area (Å²) in [7, 11) is 1.92. The summed E-state index contributed by atoms with van der Waals surface area (Å²) in [5.74, 6) is 0.142. The fourth-order valence-electron chi connectivity index (χ4n) is 4.33. The molecule has 5 rings (SSSR count). The van der Waals surface area contributed by atoms with Crippen LogP contribution < -0.4 is 0 Å². The van der Waals surface area contributed by atoms with Gasteiger partial charge in [-0.1, -0.05) is 24.3 Å². The van der Waals surface area contributed by atoms with Gasteiger partial charge in [-0.15, -0.1) is 0 Å². The van der Waals surface area contributed by atoms with Crippen LogP contribution in [0.2, 0.25) is 0 Å². The Labute approximate surface area is 134 Å². The lowest BCUT2D eigenvalue weighted by Gasteiger charge is -2.33. The van der Waals surface area contributed by atoms with Crippen molar-refractivity contribution < 1.29 is 5.11 Å². The SMILES string of the molecule is Cn1cc2c(n1)CC[C@@H]([C@H]1c3ccccc3-c3cncn31)[C@@H]2O. The van der Waals surface area contributed by atoms with Crippen LogP contribution in [-0.4, -0.2) is 24.4 Å². The number of nitrogens with zero attached hydrogens (tertiary/aromatic N) is 4. The Hall–Kier alpha value is -2.40. The molecule has 0 spiro atoms. The summed E-state index contributed by atoms with van der Waals surface area (Å²) in [6.07, 6.45) is 7.14. The molecule has 0 radical (unpaired) electrons. The maximum Gasteiger partial charge on any atom is 0.0956 e. The molecule has 23 heavy (non-hydrogen) atoms. The molecule has 116 valence electrons. The molecule has 1 aliphatic carbocycles. The van der Waals surface area contributed by atoms with Gasteiger partial charge in [0.1, 0.15) is 0 Å². The molecule has 3 heterocycles. The first-order valence-corrected chi connectivity index (χ1v) is 8.05. The van der Waals surface area contributed by atoms with Crippen molar-refractivity contribution >= 4 is 0 Å². The van der Waals surface area contributed by atoms with Crippen LogP contribution in [0, 0.1) is 5.92 Å². The molecule has 2 aromatic heterocycles. The quantitative estimate of drug-likeness (QED) is 0.751. The first kappa shape index (κ1) is 13.1. The number of hydrogen-bond acceptors (Lipinski definition) is 3. The molecule has 0 saturated carbocycles. The molecule has 2 aliphatic rings. The second-order valence-electron chi connectivity index (χ2n) is 6.57. The van der Waals surface area contributed by atoms with E-state index in [9.17, 15) is 5.11 Å². The van der Waals surface area contributed by atoms with Crippen molar-refractivity contribution in [1.29, 1.82) is 0 Å². The fraction of sp³-hybridized carbons (Fsp3) is 0.333. The first-order valence-electron chi connectivity index (χ1n) is 8.05. The lowest BCUT2D eigenvalue weighted by atomic mass is 9.78. The predicted molar refractivity (Wildman–Crippen MR) is 85.8 cm³/mol. The van der Waals surface area contributed by atoms with Gasteiger partial charge in [-0.3, -0.25) is 4.68 Å². The summed E-state index contributed by atoms with van der Waals surface area (Å²) < 4.78 is 4.03. The number of benzene rings is 1. The van der Waals surface area contributed by atoms with E-state index in [1.54, 1.807) is 0 Å². The highest BCUT2D eigenvalue weighted by molar-refractivity contribution is 5.69. The van der Waals surface area contributed by atoms with Crippen molar-refractivity contribution in [2.45, 2.75) is 25.0 Å². The van der Waals surface area contributed by atoms with E-state index in [0.29, 0.717) is 0 Å². The molecule has 3 aromatic rings. The lowest BCUT2D eigenvalue weighted by molar-refractivity contribution is 0.0718. The second kappa shape index (κ2) is 4.55. The van der Waals surface area contributed by atoms with Crippen LogP contribution >= 0.6 is 0 Å². The van der Waals surface area contributed by atoms with Crippen molar-refractivity contribution in [3.05, 3.63) is 59.8 Å². The molecule has 3 atom stereocenters. The summed E-state index contributed by atoms with van der Waals surface area (Å²) in [6.45, 7) is 0. The number of aromatic nitrogens is 4. The van der Waals surface area contributed by atoms with Crippen molar-refractivity contribution in [2.24, 2.45) is 13.0 Å². The Balaban J connectivity index is 1.63. The molecule has 5 nitrogen and oxygen atoms in total. The van der Waals surface area contributed by atoms with Crippen molar-refractivity contribution in [3.8, 4) is 11.3 Å². The van der Waals surface area contributed by atoms with Gasteiger partial charge in [-0.2, -0.15) is 5.10 Å². The third kappa shape index (κ3) is 1.71. The number of rotatable bonds is 1. The standard InChI is InChI=1S/C18H18N4O/c1-21-9-14-15(20-21)7-6-13(18(14)23)17-12-5-3-2-4-11(12)16-8-19-10-22(16)17/h2-5,8-10,13,17-18,23H,6-7H2,1H3/t13-,17+,18-/m0/s1. The molecule has 0 unspecified atom stereocenters. The lowest BCUT2D eigenvalue weighted by Crippen LogP contribution is -2.28. The maximum atomic E-state index is 11.0. The van der Waals surface area contributed by atoms with Crippen LogP contribution in [0.1, 0.15) is 35.4 Å². The molecule has 5 heteroatoms. The smallest absolute Gasteiger partial charge is 0.0956 e. The van der Waals surface area contributed by atoms with Crippen LogP contribution in [0.4, 0.5) is 0 Å². The summed E-state index contributed by atoms with van der Waals surface area (Å²) in [6, 6.07) is 8.62. The highest BCUT2D eigenvalue weighted by Crippen LogP contribution is 2.49. The van der Waals surface area contributed by atoms with Crippen molar-refractivity contribution in [1.82, 2.24) is 19.3 Å². The van der Waals surface area contributed by atoms with Gasteiger partial charge in [0, 0.05) is 30.3 Å². The molecule has 0 saturated heterocycles. The zero-order valence-electron chi connectivity index (χ0n) is 12.9. The third-order valence-electron chi connectivity index (χ3n) is 5.30. The summed E-state index contributed by atoms with van der Waals surface area (Å²) in [4.78, 5) is 4.33. The number of imidazole rings is 1. The molecule has 0 amide bonds. The average Bonchev–Trinajstić information content (AvgIpc) is 3.22. The summed E-state index contributed by atoms with van der Waals surface area (Å²) >= 11 is 0. The van der Waals surface area contributed by atoms with Crippen LogP contribution in [0.15, 0.2) is 43.0 Å². The van der Waals surface area contributed by atoms with Gasteiger partial charge >= 0.3 is 0 Å². The normalized spacial score (nSPS) is 25.0. The number of hydrogen-bond donors (Lipinski definition) is 1. The second-order valence-corrected chi connectivity index (χ2v) is 6.57. The van der Waals surface area contributed by atoms with Gasteiger partial charge in [-0.05, 0) is 18.4 Å². The Morgan fingerprint density at radius 1 is 1.22 bits per heavy atom. The number of aryl methyl sites for hydroxylation is 2. The Morgan fingerprint density at radius 2 is 2.09 bits per heavy atom. The summed E-state index contributed by atoms with van der Waals surface area (Å²) in [5.41, 5.74) is 5.69. The van der Waals surface area contributed by atoms with E-state index >= 15 is 0 Å². The molecular formula is C18H18N4O. The Bertz CT molecular complexity index is 894. The largest absolute Gasteiger partial charge is 0.388 e. The van der Waals surface area contributed by atoms with E-state index in [2.05, 4.69) is 38.9 Å². The summed E-state index contributed by atoms with van der Waals surface area (Å²) in [5, 5.41) is 15.5. The zero-order chi connectivity index (χ0) is 15.6. The van der Waals surface area contributed by atoms with E-state index in [-0.39, 0.29) is 12.0 Å². The highest BCUT2D eigenvalue weighted by atomic mass is 16.3. The van der Waals surface area contributed by atoms with Gasteiger partial charge in [0.05, 0.1) is 36.1 Å². The Kier molecular flexibility index (Phi) is 2.59. The number of aliphatic hydroxyl groups is 1. The van der Waals surface area contributed by atoms with E-state index in [4.69, 9.17) is 0 Å². The molecule has 0 bridgehead atoms. The van der Waals surface area contributed by atoms with Crippen LogP contribution in [0.3, 0.4) is 0 Å². The third-order valence-corrected chi connectivity index (χ3v) is 5.30. The molecule has 1 aromatic carbocycles. The van der Waals surface area contributed by atoms with Crippen LogP contribution in [0.25, 0.3) is 11.3 Å². The van der Waals surface area contributed by atoms with Gasteiger partial charge in [0.25, 0.3) is 0 Å². The molecule has 0 fully saturated rings. The number of fused-ring (bicyclic) bond motifs is 4. The number of aliphatic hydroxyl groups excluding tert-OH is 1. The first-order chi connectivity index (χ1) is 11.2. The van der Waals surface area contributed by atoms with Crippen LogP contribution in [-0.2, 0) is 13.5 Å². The van der Waals surface area contributed by atoms with Gasteiger partial charge in [-0.25, -0.2) is 4.98 Å². The topological polar surface area (TPSA) is 55.9 Å². The maximum absolute atomic E-state index is 11.0. The Morgan fingerprint density at radius 3 is 3.00 bits per heavy atom. The predicted octanol–water partition coefficient (Wildman–Crippen LogP) is 2.48. The fourth-order valence-corrected chi connectivity index (χ4v) is 4.33. The minimum atomic E-state index is -0.487. The van der Waals surface area contributed by atoms with E-state index in [1.165, 1.54) is 11.1 Å². The minimum absolute atomic E-state index is 0.142. The van der Waals surface area contributed by atoms with Crippen molar-refractivity contribution in [2.75, 3.05) is 0 Å². The zero-order valence-corrected chi connectivity index (χ0v) is 12.9. The monoisotopic (exact) mass is 306 g/mol. The van der Waals surface area contributed by atoms with Gasteiger partial charge < -0.3 is 9.67 Å². The average molecular weight is 306 g/mol. The molecule has 1 N–H and O–H groups in total. The van der Waals surface area contributed by atoms with Crippen molar-refractivity contribution in [3.63, 3.8) is 0 Å². The highest BCUT2D eigenvalue weighted by Gasteiger charge is 2.41. The molecular weight excluding hydrogens is 288 g/mol. The van der Waals surface area contributed by atoms with Gasteiger partial charge in [0.2, 0.25) is 0 Å². The minimum Gasteiger partial charge on any atom is -0.388 e. The van der Waals surface area contributed by atoms with E-state index < -0.39 is 6.10 Å². The van der Waals surface area contributed by atoms with Gasteiger partial charge in [0.15, 0.2) is 0 Å². The van der Waals surface area contributed by atoms with E-state index in [0.717, 1.165) is 29.8 Å². The molecule has 1 aliphatic heterocycles.